The minimum atomic E-state index is -0.199. The molecule has 0 amide bonds. The van der Waals surface area contributed by atoms with Gasteiger partial charge in [-0.3, -0.25) is 4.98 Å². The first-order valence-corrected chi connectivity index (χ1v) is 50.7. The second-order valence-corrected chi connectivity index (χ2v) is 38.7. The van der Waals surface area contributed by atoms with Gasteiger partial charge in [-0.25, -0.2) is 15.0 Å². The predicted molar refractivity (Wildman–Crippen MR) is 619 cm³/mol. The highest BCUT2D eigenvalue weighted by Gasteiger charge is 2.47. The van der Waals surface area contributed by atoms with Crippen molar-refractivity contribution < 1.29 is 0 Å². The minimum absolute atomic E-state index is 0.183. The van der Waals surface area contributed by atoms with Crippen molar-refractivity contribution in [2.45, 2.75) is 0 Å². The summed E-state index contributed by atoms with van der Waals surface area (Å²) in [5.41, 5.74) is 48.5. The summed E-state index contributed by atoms with van der Waals surface area (Å²) >= 11 is 0. The number of benzene rings is 22. The Morgan fingerprint density at radius 2 is 0.385 bits per heavy atom. The van der Waals surface area contributed by atoms with E-state index in [1.807, 2.05) is 24.4 Å². The van der Waals surface area contributed by atoms with Gasteiger partial charge in [-0.05, 0) is 259 Å². The Balaban J connectivity index is 0.586. The van der Waals surface area contributed by atoms with Gasteiger partial charge in [0, 0.05) is 102 Å². The Hall–Kier alpha value is -19.4. The molecular weight excluding hydrogens is 1790 g/mol. The average Bonchev–Trinajstić information content (AvgIpc) is 0.693. The van der Waals surface area contributed by atoms with Crippen LogP contribution in [0.5, 0.6) is 0 Å². The molecule has 0 fully saturated rings. The molecule has 0 aliphatic carbocycles. The van der Waals surface area contributed by atoms with E-state index in [2.05, 4.69) is 541 Å². The van der Waals surface area contributed by atoms with Crippen LogP contribution in [-0.4, -0.2) is 33.4 Å². The number of fused-ring (bicyclic) bond motifs is 9. The van der Waals surface area contributed by atoms with E-state index in [0.29, 0.717) is 17.5 Å². The summed E-state index contributed by atoms with van der Waals surface area (Å²) in [6, 6.07) is 198. The van der Waals surface area contributed by atoms with E-state index in [1.54, 1.807) is 0 Å². The molecular formula is C138H90B2N8. The molecule has 0 saturated carbocycles. The van der Waals surface area contributed by atoms with E-state index in [9.17, 15) is 0 Å². The molecule has 4 aliphatic rings. The maximum atomic E-state index is 5.55. The van der Waals surface area contributed by atoms with Crippen LogP contribution in [0.4, 0.5) is 68.2 Å². The Morgan fingerprint density at radius 3 is 0.709 bits per heavy atom. The van der Waals surface area contributed by atoms with Crippen LogP contribution in [0.15, 0.2) is 546 Å². The van der Waals surface area contributed by atoms with Gasteiger partial charge >= 0.3 is 0 Å². The molecule has 0 spiro atoms. The number of hydrogen-bond donors (Lipinski definition) is 0. The van der Waals surface area contributed by atoms with Crippen LogP contribution in [0.25, 0.3) is 167 Å². The number of hydrogen-bond acceptors (Lipinski definition) is 8. The first-order valence-electron chi connectivity index (χ1n) is 50.7. The van der Waals surface area contributed by atoms with E-state index in [0.717, 1.165) is 196 Å². The molecule has 148 heavy (non-hydrogen) atoms. The van der Waals surface area contributed by atoms with Crippen molar-refractivity contribution in [3.63, 3.8) is 0 Å². The van der Waals surface area contributed by atoms with Crippen LogP contribution >= 0.6 is 0 Å². The van der Waals surface area contributed by atoms with Crippen molar-refractivity contribution in [1.29, 1.82) is 0 Å². The summed E-state index contributed by atoms with van der Waals surface area (Å²) in [4.78, 5) is 32.0. The molecule has 0 bridgehead atoms. The second kappa shape index (κ2) is 36.5. The highest BCUT2D eigenvalue weighted by atomic mass is 15.2. The van der Waals surface area contributed by atoms with Crippen LogP contribution < -0.4 is 52.4 Å². The lowest BCUT2D eigenvalue weighted by molar-refractivity contribution is 1.07. The van der Waals surface area contributed by atoms with E-state index in [1.165, 1.54) is 55.0 Å². The molecule has 688 valence electrons. The topological polar surface area (TPSA) is 64.5 Å². The van der Waals surface area contributed by atoms with Crippen molar-refractivity contribution in [2.24, 2.45) is 0 Å². The zero-order valence-electron chi connectivity index (χ0n) is 80.7. The van der Waals surface area contributed by atoms with E-state index in [4.69, 9.17) is 19.9 Å². The predicted octanol–water partition coefficient (Wildman–Crippen LogP) is 31.9. The van der Waals surface area contributed by atoms with Gasteiger partial charge in [-0.2, -0.15) is 0 Å². The summed E-state index contributed by atoms with van der Waals surface area (Å²) in [7, 11) is 0. The van der Waals surface area contributed by atoms with Crippen molar-refractivity contribution in [2.75, 3.05) is 19.6 Å². The van der Waals surface area contributed by atoms with Crippen LogP contribution in [0, 0.1) is 0 Å². The lowest BCUT2D eigenvalue weighted by Crippen LogP contribution is -2.61. The molecule has 8 nitrogen and oxygen atoms in total. The maximum absolute atomic E-state index is 5.55. The summed E-state index contributed by atoms with van der Waals surface area (Å²) in [6.07, 6.45) is 1.98. The molecule has 22 aromatic carbocycles. The monoisotopic (exact) mass is 1880 g/mol. The van der Waals surface area contributed by atoms with Gasteiger partial charge in [-0.1, -0.05) is 431 Å². The average molecular weight is 1880 g/mol. The minimum Gasteiger partial charge on any atom is -0.311 e. The number of para-hydroxylation sites is 1. The summed E-state index contributed by atoms with van der Waals surface area (Å²) < 4.78 is 0. The van der Waals surface area contributed by atoms with Crippen LogP contribution in [0.3, 0.4) is 0 Å². The van der Waals surface area contributed by atoms with Crippen molar-refractivity contribution in [3.05, 3.63) is 546 Å². The molecule has 0 atom stereocenters. The molecule has 4 aliphatic heterocycles. The molecule has 2 aromatic heterocycles. The van der Waals surface area contributed by atoms with E-state index in [-0.39, 0.29) is 13.4 Å². The van der Waals surface area contributed by atoms with Gasteiger partial charge < -0.3 is 19.6 Å². The van der Waals surface area contributed by atoms with Gasteiger partial charge in [-0.15, -0.1) is 0 Å². The molecule has 28 rings (SSSR count). The van der Waals surface area contributed by atoms with Gasteiger partial charge in [0.1, 0.15) is 0 Å². The zero-order chi connectivity index (χ0) is 97.6. The lowest BCUT2D eigenvalue weighted by Gasteiger charge is -2.44. The molecule has 0 unspecified atom stereocenters. The highest BCUT2D eigenvalue weighted by Crippen LogP contribution is 2.53. The number of nitrogens with zero attached hydrogens (tertiary/aromatic N) is 8. The zero-order valence-corrected chi connectivity index (χ0v) is 80.7. The van der Waals surface area contributed by atoms with Gasteiger partial charge in [0.05, 0.1) is 5.52 Å². The molecule has 0 N–H and O–H groups in total. The van der Waals surface area contributed by atoms with E-state index >= 15 is 0 Å². The molecule has 0 saturated heterocycles. The number of aromatic nitrogens is 4. The van der Waals surface area contributed by atoms with Crippen molar-refractivity contribution in [3.8, 4) is 157 Å². The SMILES string of the molecule is c1ccc(-c2ccc(N3c4ccc(-c5ccccc5)cc4B4c5cc(-c6ccccc6)ccc5N(c5ccc(-c6ccccc6)cc5)c5cc(-c6ccc(-c7nc(-c8ccccc8)nc(-c8cccc(-c9ccnc%10c(-c%11cc%12c%13c(c%11)N(c%11ccc(-c%14ccccc%14)cc%11)c%11ccc(-c%14ccccc%14)cc%11B%13c%11cc(-c%13ccccc%13)ccc%11N%12c%11ccc(-c%12ccccc%12)cc%11)cccc9%10)c8)n7)cc6)cc3c54)cc2)cc1. The standard InChI is InChI=1S/C138H90B2N8/c1-10-30-91(31-11-1)99-56-68-114(69-57-99)145-125-76-64-106(95-38-18-5-19-39-95)83-121(125)139-122-84-107(96-40-20-6-21-41-96)65-77-126(122)146(115-70-58-100(59-71-115)92-32-12-2-13-33-92)130-88-112(87-129(145)133(130)139)103-52-54-105(55-53-103)137-142-136(104-46-26-9-27-47-104)143-138(144-137)111-49-28-48-110(82-111)118-80-81-141-135-119(50-29-51-120(118)135)113-89-131-134-132(90-113)148(117-74-62-102(63-75-117)94-36-16-4-17-37-94)128-79-67-109(98-44-24-8-25-45-98)86-124(128)140(134)123-85-108(97-42-22-7-23-43-97)66-78-127(123)147(131)116-72-60-101(61-73-116)93-34-14-3-15-35-93/h1-90H. The Morgan fingerprint density at radius 1 is 0.149 bits per heavy atom. The number of pyridine rings is 1. The first-order chi connectivity index (χ1) is 73.4. The third-order valence-corrected chi connectivity index (χ3v) is 30.1. The Labute approximate surface area is 861 Å². The third-order valence-electron chi connectivity index (χ3n) is 30.1. The molecule has 6 heterocycles. The highest BCUT2D eigenvalue weighted by molar-refractivity contribution is 7.01. The van der Waals surface area contributed by atoms with Gasteiger partial charge in [0.2, 0.25) is 0 Å². The summed E-state index contributed by atoms with van der Waals surface area (Å²) in [5, 5.41) is 1.00. The fourth-order valence-electron chi connectivity index (χ4n) is 23.1. The summed E-state index contributed by atoms with van der Waals surface area (Å²) in [5.74, 6) is 1.67. The summed E-state index contributed by atoms with van der Waals surface area (Å²) in [6.45, 7) is -0.381. The van der Waals surface area contributed by atoms with Gasteiger partial charge in [0.15, 0.2) is 17.5 Å². The number of anilines is 12. The largest absolute Gasteiger partial charge is 0.311 e. The molecule has 0 radical (unpaired) electrons. The Kier molecular flexibility index (Phi) is 21.3. The second-order valence-electron chi connectivity index (χ2n) is 38.7. The van der Waals surface area contributed by atoms with E-state index < -0.39 is 0 Å². The number of rotatable bonds is 18. The lowest BCUT2D eigenvalue weighted by atomic mass is 9.33. The van der Waals surface area contributed by atoms with Crippen LogP contribution in [0.2, 0.25) is 0 Å². The van der Waals surface area contributed by atoms with Crippen LogP contribution in [0.1, 0.15) is 0 Å². The van der Waals surface area contributed by atoms with Crippen LogP contribution in [-0.2, 0) is 0 Å². The van der Waals surface area contributed by atoms with Crippen molar-refractivity contribution >= 4 is 125 Å². The molecule has 10 heteroatoms. The normalized spacial score (nSPS) is 12.4. The molecule has 24 aromatic rings. The first kappa shape index (κ1) is 86.5. The van der Waals surface area contributed by atoms with Gasteiger partial charge in [0.25, 0.3) is 13.4 Å². The quantitative estimate of drug-likeness (QED) is 0.0788. The smallest absolute Gasteiger partial charge is 0.252 e. The van der Waals surface area contributed by atoms with Crippen molar-refractivity contribution in [1.82, 2.24) is 19.9 Å². The fraction of sp³-hybridized carbons (Fsp3) is 0. The third kappa shape index (κ3) is 15.4. The Bertz CT molecular complexity index is 8820. The maximum Gasteiger partial charge on any atom is 0.252 e. The fourth-order valence-corrected chi connectivity index (χ4v) is 23.1.